The van der Waals surface area contributed by atoms with Crippen LogP contribution in [-0.4, -0.2) is 21.3 Å². The smallest absolute Gasteiger partial charge is 0.255 e. The molecular formula is C16H13FN2O3S2. The van der Waals surface area contributed by atoms with Crippen molar-refractivity contribution >= 4 is 46.1 Å². The second-order valence-electron chi connectivity index (χ2n) is 5.16. The minimum Gasteiger partial charge on any atom is -0.324 e. The van der Waals surface area contributed by atoms with Gasteiger partial charge in [-0.2, -0.15) is 0 Å². The fourth-order valence-corrected chi connectivity index (χ4v) is 3.48. The van der Waals surface area contributed by atoms with Gasteiger partial charge in [0.25, 0.3) is 5.91 Å². The van der Waals surface area contributed by atoms with E-state index in [1.54, 1.807) is 18.2 Å². The number of nitrogens with one attached hydrogen (secondary N) is 2. The molecule has 0 aromatic heterocycles. The Bertz CT molecular complexity index is 840. The number of amides is 2. The maximum atomic E-state index is 12.7. The second kappa shape index (κ2) is 6.74. The Morgan fingerprint density at radius 2 is 1.96 bits per heavy atom. The number of carbonyl (C=O) groups excluding carboxylic acids is 2. The van der Waals surface area contributed by atoms with Crippen LogP contribution in [0.15, 0.2) is 52.3 Å². The first-order valence-corrected chi connectivity index (χ1v) is 8.98. The predicted molar refractivity (Wildman–Crippen MR) is 92.3 cm³/mol. The van der Waals surface area contributed by atoms with Crippen LogP contribution in [0.4, 0.5) is 15.3 Å². The number of rotatable bonds is 3. The van der Waals surface area contributed by atoms with Gasteiger partial charge in [-0.15, -0.1) is 15.6 Å². The third kappa shape index (κ3) is 3.49. The van der Waals surface area contributed by atoms with Gasteiger partial charge in [-0.25, -0.2) is 4.21 Å². The molecule has 2 amide bonds. The number of fused-ring (bicyclic) bond motifs is 1. The van der Waals surface area contributed by atoms with Gasteiger partial charge in [0, 0.05) is 16.1 Å². The number of anilines is 2. The Balaban J connectivity index is 1.77. The zero-order valence-corrected chi connectivity index (χ0v) is 14.2. The molecule has 2 aromatic rings. The number of hydrogen-bond donors (Lipinski definition) is 2. The quantitative estimate of drug-likeness (QED) is 0.819. The molecule has 2 aromatic carbocycles. The minimum atomic E-state index is -2.55. The third-order valence-electron chi connectivity index (χ3n) is 3.47. The standard InChI is InChI=1S/C16H13FN2O3S2/c1-9-15(20)19-13-8-10(2-7-14(13)23-9)16(21)18-11-3-5-12(6-4-11)24(17)22/h2-9H,1H3,(H,18,21)(H,19,20). The van der Waals surface area contributed by atoms with Crippen LogP contribution in [0.25, 0.3) is 0 Å². The van der Waals surface area contributed by atoms with Crippen LogP contribution in [0.1, 0.15) is 17.3 Å². The Morgan fingerprint density at radius 1 is 1.25 bits per heavy atom. The molecule has 2 unspecified atom stereocenters. The van der Waals surface area contributed by atoms with Crippen LogP contribution in [0.3, 0.4) is 0 Å². The highest BCUT2D eigenvalue weighted by atomic mass is 32.2. The summed E-state index contributed by atoms with van der Waals surface area (Å²) in [6, 6.07) is 10.7. The molecule has 1 aliphatic rings. The van der Waals surface area contributed by atoms with E-state index in [0.717, 1.165) is 4.90 Å². The molecule has 2 N–H and O–H groups in total. The van der Waals surface area contributed by atoms with Gasteiger partial charge in [0.15, 0.2) is 0 Å². The van der Waals surface area contributed by atoms with E-state index < -0.39 is 11.2 Å². The summed E-state index contributed by atoms with van der Waals surface area (Å²) < 4.78 is 23.4. The molecule has 0 spiro atoms. The van der Waals surface area contributed by atoms with Crippen LogP contribution < -0.4 is 10.6 Å². The lowest BCUT2D eigenvalue weighted by atomic mass is 10.1. The summed E-state index contributed by atoms with van der Waals surface area (Å²) in [5, 5.41) is 5.28. The van der Waals surface area contributed by atoms with E-state index in [4.69, 9.17) is 0 Å². The summed E-state index contributed by atoms with van der Waals surface area (Å²) in [6.45, 7) is 1.82. The number of thioether (sulfide) groups is 1. The Hall–Kier alpha value is -2.19. The maximum Gasteiger partial charge on any atom is 0.255 e. The Labute approximate surface area is 144 Å². The van der Waals surface area contributed by atoms with Crippen molar-refractivity contribution < 1.29 is 17.7 Å². The summed E-state index contributed by atoms with van der Waals surface area (Å²) in [5.41, 5.74) is 1.46. The molecule has 1 heterocycles. The number of carbonyl (C=O) groups is 2. The zero-order chi connectivity index (χ0) is 17.3. The SMILES string of the molecule is CC1Sc2ccc(C(=O)Nc3ccc(S(=O)F)cc3)cc2NC1=O. The largest absolute Gasteiger partial charge is 0.324 e. The lowest BCUT2D eigenvalue weighted by Crippen LogP contribution is -2.26. The van der Waals surface area contributed by atoms with Gasteiger partial charge in [-0.05, 0) is 49.4 Å². The van der Waals surface area contributed by atoms with Gasteiger partial charge in [0.05, 0.1) is 15.8 Å². The van der Waals surface area contributed by atoms with Crippen LogP contribution >= 0.6 is 11.8 Å². The average Bonchev–Trinajstić information content (AvgIpc) is 2.56. The van der Waals surface area contributed by atoms with E-state index in [1.165, 1.54) is 36.0 Å². The molecule has 8 heteroatoms. The van der Waals surface area contributed by atoms with Crippen molar-refractivity contribution in [1.82, 2.24) is 0 Å². The summed E-state index contributed by atoms with van der Waals surface area (Å²) in [6.07, 6.45) is 0. The van der Waals surface area contributed by atoms with E-state index in [-0.39, 0.29) is 22.0 Å². The van der Waals surface area contributed by atoms with E-state index in [0.29, 0.717) is 16.9 Å². The zero-order valence-electron chi connectivity index (χ0n) is 12.5. The monoisotopic (exact) mass is 364 g/mol. The number of benzene rings is 2. The highest BCUT2D eigenvalue weighted by Crippen LogP contribution is 2.36. The second-order valence-corrected chi connectivity index (χ2v) is 7.46. The highest BCUT2D eigenvalue weighted by molar-refractivity contribution is 8.00. The normalized spacial score (nSPS) is 17.6. The third-order valence-corrected chi connectivity index (χ3v) is 5.29. The van der Waals surface area contributed by atoms with E-state index in [1.807, 2.05) is 6.92 Å². The fourth-order valence-electron chi connectivity index (χ4n) is 2.20. The van der Waals surface area contributed by atoms with Crippen LogP contribution in [0, 0.1) is 0 Å². The van der Waals surface area contributed by atoms with Gasteiger partial charge in [-0.3, -0.25) is 9.59 Å². The summed E-state index contributed by atoms with van der Waals surface area (Å²) in [4.78, 5) is 25.0. The Kier molecular flexibility index (Phi) is 4.68. The minimum absolute atomic E-state index is 0.0376. The van der Waals surface area contributed by atoms with Gasteiger partial charge >= 0.3 is 0 Å². The molecule has 5 nitrogen and oxygen atoms in total. The van der Waals surface area contributed by atoms with Crippen molar-refractivity contribution in [1.29, 1.82) is 0 Å². The molecule has 0 fully saturated rings. The molecule has 0 radical (unpaired) electrons. The molecule has 0 bridgehead atoms. The van der Waals surface area contributed by atoms with Crippen LogP contribution in [0.5, 0.6) is 0 Å². The van der Waals surface area contributed by atoms with Crippen LogP contribution in [0.2, 0.25) is 0 Å². The maximum absolute atomic E-state index is 12.7. The first-order chi connectivity index (χ1) is 11.4. The van der Waals surface area contributed by atoms with E-state index >= 15 is 0 Å². The van der Waals surface area contributed by atoms with E-state index in [2.05, 4.69) is 10.6 Å². The summed E-state index contributed by atoms with van der Waals surface area (Å²) in [5.74, 6) is -0.454. The summed E-state index contributed by atoms with van der Waals surface area (Å²) >= 11 is -1.11. The molecule has 24 heavy (non-hydrogen) atoms. The molecule has 0 aliphatic carbocycles. The number of halogens is 1. The highest BCUT2D eigenvalue weighted by Gasteiger charge is 2.23. The first kappa shape index (κ1) is 16.7. The fraction of sp³-hybridized carbons (Fsp3) is 0.125. The van der Waals surface area contributed by atoms with Gasteiger partial charge < -0.3 is 10.6 Å². The van der Waals surface area contributed by atoms with Gasteiger partial charge in [0.2, 0.25) is 17.1 Å². The van der Waals surface area contributed by atoms with E-state index in [9.17, 15) is 17.7 Å². The lowest BCUT2D eigenvalue weighted by Gasteiger charge is -2.21. The van der Waals surface area contributed by atoms with Crippen molar-refractivity contribution in [3.63, 3.8) is 0 Å². The lowest BCUT2D eigenvalue weighted by molar-refractivity contribution is -0.115. The number of hydrogen-bond acceptors (Lipinski definition) is 4. The van der Waals surface area contributed by atoms with Crippen molar-refractivity contribution in [2.24, 2.45) is 0 Å². The molecule has 0 saturated heterocycles. The van der Waals surface area contributed by atoms with Gasteiger partial charge in [-0.1, -0.05) is 0 Å². The molecule has 124 valence electrons. The molecule has 2 atom stereocenters. The topological polar surface area (TPSA) is 75.3 Å². The van der Waals surface area contributed by atoms with Crippen molar-refractivity contribution in [2.75, 3.05) is 10.6 Å². The molecule has 1 aliphatic heterocycles. The average molecular weight is 364 g/mol. The van der Waals surface area contributed by atoms with Crippen molar-refractivity contribution in [3.8, 4) is 0 Å². The molecular weight excluding hydrogens is 351 g/mol. The predicted octanol–water partition coefficient (Wildman–Crippen LogP) is 3.36. The summed E-state index contributed by atoms with van der Waals surface area (Å²) in [7, 11) is 0. The Morgan fingerprint density at radius 3 is 2.62 bits per heavy atom. The molecule has 0 saturated carbocycles. The van der Waals surface area contributed by atoms with Crippen molar-refractivity contribution in [2.45, 2.75) is 22.0 Å². The molecule has 3 rings (SSSR count). The first-order valence-electron chi connectivity index (χ1n) is 7.05. The van der Waals surface area contributed by atoms with Crippen molar-refractivity contribution in [3.05, 3.63) is 48.0 Å². The van der Waals surface area contributed by atoms with Crippen LogP contribution in [-0.2, 0) is 16.0 Å². The van der Waals surface area contributed by atoms with Gasteiger partial charge in [0.1, 0.15) is 0 Å².